The lowest BCUT2D eigenvalue weighted by Gasteiger charge is -2.28. The number of hydrogen-bond acceptors (Lipinski definition) is 1. The van der Waals surface area contributed by atoms with Crippen LogP contribution >= 0.6 is 0 Å². The van der Waals surface area contributed by atoms with E-state index in [1.165, 1.54) is 62.6 Å². The van der Waals surface area contributed by atoms with Crippen molar-refractivity contribution in [1.82, 2.24) is 0 Å². The lowest BCUT2D eigenvalue weighted by molar-refractivity contribution is 0.175. The predicted molar refractivity (Wildman–Crippen MR) is 133 cm³/mol. The van der Waals surface area contributed by atoms with Crippen molar-refractivity contribution in [2.45, 2.75) is 64.2 Å². The molecule has 0 amide bonds. The van der Waals surface area contributed by atoms with Gasteiger partial charge in [-0.1, -0.05) is 68.1 Å². The van der Waals surface area contributed by atoms with Crippen LogP contribution in [-0.4, -0.2) is 13.7 Å². The van der Waals surface area contributed by atoms with Gasteiger partial charge in [-0.3, -0.25) is 0 Å². The number of fused-ring (bicyclic) bond motifs is 1. The molecule has 0 aliphatic heterocycles. The van der Waals surface area contributed by atoms with Crippen molar-refractivity contribution in [3.63, 3.8) is 0 Å². The van der Waals surface area contributed by atoms with Crippen molar-refractivity contribution in [2.75, 3.05) is 13.7 Å². The molecule has 1 aliphatic carbocycles. The van der Waals surface area contributed by atoms with E-state index < -0.39 is 0 Å². The fourth-order valence-electron chi connectivity index (χ4n) is 5.36. The average Bonchev–Trinajstić information content (AvgIpc) is 2.84. The highest BCUT2D eigenvalue weighted by Crippen LogP contribution is 2.34. The molecule has 0 spiro atoms. The molecule has 3 aromatic carbocycles. The molecule has 4 rings (SSSR count). The molecule has 0 N–H and O–H groups in total. The number of benzene rings is 3. The molecule has 0 heterocycles. The van der Waals surface area contributed by atoms with E-state index in [1.807, 2.05) is 18.2 Å². The van der Waals surface area contributed by atoms with Gasteiger partial charge in [0.15, 0.2) is 0 Å². The summed E-state index contributed by atoms with van der Waals surface area (Å²) in [7, 11) is 1.78. The zero-order valence-corrected chi connectivity index (χ0v) is 19.8. The van der Waals surface area contributed by atoms with Crippen LogP contribution in [0.3, 0.4) is 0 Å². The summed E-state index contributed by atoms with van der Waals surface area (Å²) in [6.45, 7) is 0.887. The quantitative estimate of drug-likeness (QED) is 0.284. The molecular formula is C30H36F2O. The van der Waals surface area contributed by atoms with Gasteiger partial charge < -0.3 is 4.74 Å². The molecule has 1 fully saturated rings. The van der Waals surface area contributed by atoms with Crippen LogP contribution in [0.4, 0.5) is 8.78 Å². The zero-order chi connectivity index (χ0) is 23.0. The van der Waals surface area contributed by atoms with Gasteiger partial charge in [0.05, 0.1) is 0 Å². The van der Waals surface area contributed by atoms with Gasteiger partial charge in [-0.2, -0.15) is 0 Å². The van der Waals surface area contributed by atoms with Gasteiger partial charge in [0, 0.05) is 19.1 Å². The second-order valence-electron chi connectivity index (χ2n) is 9.78. The standard InChI is InChI=1S/C30H36F2O/c1-33-20-2-3-22-4-6-23(7-5-22)8-9-25-13-19-29-27(21-25)16-15-26(30(29)32)14-10-24-11-17-28(31)18-12-24/h11-13,15-19,21-23H,2-10,14,20H2,1H3. The summed E-state index contributed by atoms with van der Waals surface area (Å²) in [6.07, 6.45) is 11.5. The van der Waals surface area contributed by atoms with Crippen LogP contribution < -0.4 is 0 Å². The van der Waals surface area contributed by atoms with E-state index in [9.17, 15) is 4.39 Å². The fraction of sp³-hybridized carbons (Fsp3) is 0.467. The van der Waals surface area contributed by atoms with Crippen molar-refractivity contribution >= 4 is 10.8 Å². The molecular weight excluding hydrogens is 414 g/mol. The van der Waals surface area contributed by atoms with Crippen LogP contribution in [-0.2, 0) is 24.0 Å². The Hall–Kier alpha value is -2.26. The summed E-state index contributed by atoms with van der Waals surface area (Å²) in [5, 5.41) is 1.68. The maximum Gasteiger partial charge on any atom is 0.134 e. The molecule has 33 heavy (non-hydrogen) atoms. The first-order valence-electron chi connectivity index (χ1n) is 12.6. The summed E-state index contributed by atoms with van der Waals surface area (Å²) in [4.78, 5) is 0. The number of methoxy groups -OCH3 is 1. The number of ether oxygens (including phenoxy) is 1. The largest absolute Gasteiger partial charge is 0.385 e. The van der Waals surface area contributed by atoms with Crippen molar-refractivity contribution in [3.05, 3.63) is 82.9 Å². The van der Waals surface area contributed by atoms with Crippen LogP contribution in [0.1, 0.15) is 61.6 Å². The smallest absolute Gasteiger partial charge is 0.134 e. The summed E-state index contributed by atoms with van der Waals surface area (Å²) >= 11 is 0. The summed E-state index contributed by atoms with van der Waals surface area (Å²) in [5.74, 6) is 1.35. The highest BCUT2D eigenvalue weighted by Gasteiger charge is 2.20. The van der Waals surface area contributed by atoms with E-state index in [4.69, 9.17) is 4.74 Å². The lowest BCUT2D eigenvalue weighted by atomic mass is 9.78. The number of hydrogen-bond donors (Lipinski definition) is 0. The Bertz CT molecular complexity index is 1020. The average molecular weight is 451 g/mol. The molecule has 1 saturated carbocycles. The van der Waals surface area contributed by atoms with Crippen molar-refractivity contribution in [1.29, 1.82) is 0 Å². The van der Waals surface area contributed by atoms with Crippen LogP contribution in [0.25, 0.3) is 10.8 Å². The molecule has 1 aliphatic rings. The minimum Gasteiger partial charge on any atom is -0.385 e. The summed E-state index contributed by atoms with van der Waals surface area (Å²) < 4.78 is 33.4. The maximum atomic E-state index is 15.1. The van der Waals surface area contributed by atoms with E-state index in [-0.39, 0.29) is 11.6 Å². The number of halogens is 2. The summed E-state index contributed by atoms with van der Waals surface area (Å²) in [6, 6.07) is 16.6. The Kier molecular flexibility index (Phi) is 8.50. The zero-order valence-electron chi connectivity index (χ0n) is 19.8. The van der Waals surface area contributed by atoms with E-state index in [2.05, 4.69) is 12.1 Å². The van der Waals surface area contributed by atoms with Gasteiger partial charge in [0.2, 0.25) is 0 Å². The fourth-order valence-corrected chi connectivity index (χ4v) is 5.36. The molecule has 0 unspecified atom stereocenters. The lowest BCUT2D eigenvalue weighted by Crippen LogP contribution is -2.15. The molecule has 0 aromatic heterocycles. The highest BCUT2D eigenvalue weighted by molar-refractivity contribution is 5.84. The molecule has 0 saturated heterocycles. The SMILES string of the molecule is COCCCC1CCC(CCc2ccc3c(F)c(CCc4ccc(F)cc4)ccc3c2)CC1. The van der Waals surface area contributed by atoms with Gasteiger partial charge in [-0.25, -0.2) is 8.78 Å². The van der Waals surface area contributed by atoms with Crippen LogP contribution in [0.15, 0.2) is 54.6 Å². The van der Waals surface area contributed by atoms with Gasteiger partial charge in [0.25, 0.3) is 0 Å². The van der Waals surface area contributed by atoms with E-state index in [1.54, 1.807) is 19.2 Å². The first-order chi connectivity index (χ1) is 16.1. The highest BCUT2D eigenvalue weighted by atomic mass is 19.1. The molecule has 176 valence electrons. The molecule has 0 radical (unpaired) electrons. The van der Waals surface area contributed by atoms with Crippen LogP contribution in [0.5, 0.6) is 0 Å². The van der Waals surface area contributed by atoms with Crippen molar-refractivity contribution < 1.29 is 13.5 Å². The third-order valence-corrected chi connectivity index (χ3v) is 7.46. The van der Waals surface area contributed by atoms with Gasteiger partial charge in [-0.05, 0) is 84.6 Å². The Balaban J connectivity index is 1.30. The van der Waals surface area contributed by atoms with Crippen LogP contribution in [0.2, 0.25) is 0 Å². The Morgan fingerprint density at radius 1 is 0.758 bits per heavy atom. The minimum absolute atomic E-state index is 0.118. The molecule has 3 aromatic rings. The van der Waals surface area contributed by atoms with Gasteiger partial charge >= 0.3 is 0 Å². The molecule has 0 bridgehead atoms. The normalized spacial score (nSPS) is 18.6. The Morgan fingerprint density at radius 3 is 2.18 bits per heavy atom. The maximum absolute atomic E-state index is 15.1. The molecule has 0 atom stereocenters. The number of rotatable bonds is 10. The Morgan fingerprint density at radius 2 is 1.45 bits per heavy atom. The van der Waals surface area contributed by atoms with Crippen molar-refractivity contribution in [2.24, 2.45) is 11.8 Å². The van der Waals surface area contributed by atoms with E-state index in [0.29, 0.717) is 18.2 Å². The Labute approximate surface area is 197 Å². The second-order valence-corrected chi connectivity index (χ2v) is 9.78. The van der Waals surface area contributed by atoms with Gasteiger partial charge in [-0.15, -0.1) is 0 Å². The van der Waals surface area contributed by atoms with Gasteiger partial charge in [0.1, 0.15) is 11.6 Å². The van der Waals surface area contributed by atoms with E-state index in [0.717, 1.165) is 41.4 Å². The first-order valence-corrected chi connectivity index (χ1v) is 12.6. The van der Waals surface area contributed by atoms with Crippen LogP contribution in [0, 0.1) is 23.5 Å². The topological polar surface area (TPSA) is 9.23 Å². The monoisotopic (exact) mass is 450 g/mol. The second kappa shape index (κ2) is 11.7. The third kappa shape index (κ3) is 6.63. The third-order valence-electron chi connectivity index (χ3n) is 7.46. The predicted octanol–water partition coefficient (Wildman–Crippen LogP) is 8.07. The molecule has 1 nitrogen and oxygen atoms in total. The number of aryl methyl sites for hydroxylation is 3. The summed E-state index contributed by atoms with van der Waals surface area (Å²) in [5.41, 5.74) is 3.06. The first kappa shape index (κ1) is 23.9. The van der Waals surface area contributed by atoms with Crippen molar-refractivity contribution in [3.8, 4) is 0 Å². The minimum atomic E-state index is -0.239. The van der Waals surface area contributed by atoms with E-state index >= 15 is 4.39 Å². The molecule has 3 heteroatoms.